The van der Waals surface area contributed by atoms with Crippen LogP contribution in [0.3, 0.4) is 0 Å². The van der Waals surface area contributed by atoms with Gasteiger partial charge in [-0.1, -0.05) is 48.5 Å². The summed E-state index contributed by atoms with van der Waals surface area (Å²) in [4.78, 5) is 9.23. The zero-order chi connectivity index (χ0) is 14.9. The predicted molar refractivity (Wildman–Crippen MR) is 89.8 cm³/mol. The molecule has 0 saturated heterocycles. The summed E-state index contributed by atoms with van der Waals surface area (Å²) in [5.41, 5.74) is 2.74. The van der Waals surface area contributed by atoms with E-state index in [1.54, 1.807) is 6.20 Å². The Morgan fingerprint density at radius 3 is 2.23 bits per heavy atom. The highest BCUT2D eigenvalue weighted by Crippen LogP contribution is 2.26. The maximum atomic E-state index is 4.70. The molecule has 0 bridgehead atoms. The van der Waals surface area contributed by atoms with Crippen molar-refractivity contribution < 1.29 is 0 Å². The van der Waals surface area contributed by atoms with Gasteiger partial charge in [-0.25, -0.2) is 14.6 Å². The molecule has 0 N–H and O–H groups in total. The molecule has 4 aromatic rings. The van der Waals surface area contributed by atoms with Crippen LogP contribution < -0.4 is 0 Å². The molecule has 0 unspecified atom stereocenters. The first kappa shape index (κ1) is 13.2. The van der Waals surface area contributed by atoms with Gasteiger partial charge >= 0.3 is 0 Å². The van der Waals surface area contributed by atoms with Crippen molar-refractivity contribution in [3.63, 3.8) is 0 Å². The molecule has 2 aromatic heterocycles. The summed E-state index contributed by atoms with van der Waals surface area (Å²) in [7, 11) is 0. The van der Waals surface area contributed by atoms with E-state index in [9.17, 15) is 0 Å². The van der Waals surface area contributed by atoms with Gasteiger partial charge in [-0.15, -0.1) is 0 Å². The van der Waals surface area contributed by atoms with Crippen molar-refractivity contribution in [1.82, 2.24) is 19.7 Å². The summed E-state index contributed by atoms with van der Waals surface area (Å²) in [6.45, 7) is 0. The van der Waals surface area contributed by atoms with E-state index in [2.05, 4.69) is 26.0 Å². The van der Waals surface area contributed by atoms with Crippen molar-refractivity contribution in [2.75, 3.05) is 0 Å². The average Bonchev–Trinajstić information content (AvgIpc) is 3.01. The summed E-state index contributed by atoms with van der Waals surface area (Å²) in [5, 5.41) is 5.34. The zero-order valence-corrected chi connectivity index (χ0v) is 13.1. The number of fused-ring (bicyclic) bond motifs is 1. The van der Waals surface area contributed by atoms with E-state index in [0.29, 0.717) is 5.82 Å². The van der Waals surface area contributed by atoms with Crippen molar-refractivity contribution in [3.05, 3.63) is 71.5 Å². The first-order valence-electron chi connectivity index (χ1n) is 6.85. The Labute approximate surface area is 135 Å². The normalized spacial score (nSPS) is 11.0. The van der Waals surface area contributed by atoms with E-state index in [1.165, 1.54) is 0 Å². The SMILES string of the molecule is Brc1nc(-c2ccccc2)nc2c1cnn2-c1ccccc1. The highest BCUT2D eigenvalue weighted by Gasteiger charge is 2.13. The van der Waals surface area contributed by atoms with E-state index in [4.69, 9.17) is 4.98 Å². The minimum absolute atomic E-state index is 0.678. The summed E-state index contributed by atoms with van der Waals surface area (Å²) in [6.07, 6.45) is 1.78. The molecule has 4 nitrogen and oxygen atoms in total. The number of hydrogen-bond donors (Lipinski definition) is 0. The van der Waals surface area contributed by atoms with Gasteiger partial charge < -0.3 is 0 Å². The number of benzene rings is 2. The number of halogens is 1. The topological polar surface area (TPSA) is 43.6 Å². The van der Waals surface area contributed by atoms with Crippen LogP contribution in [0.4, 0.5) is 0 Å². The van der Waals surface area contributed by atoms with Crippen LogP contribution in [0.1, 0.15) is 0 Å². The molecule has 2 aromatic carbocycles. The molecule has 5 heteroatoms. The molecule has 0 aliphatic heterocycles. The lowest BCUT2D eigenvalue weighted by molar-refractivity contribution is 0.896. The summed E-state index contributed by atoms with van der Waals surface area (Å²) >= 11 is 3.53. The third kappa shape index (κ3) is 2.19. The minimum atomic E-state index is 0.678. The van der Waals surface area contributed by atoms with Gasteiger partial charge in [-0.3, -0.25) is 0 Å². The molecule has 0 saturated carbocycles. The molecule has 0 atom stereocenters. The molecule has 2 heterocycles. The van der Waals surface area contributed by atoms with Gasteiger partial charge in [-0.2, -0.15) is 5.10 Å². The molecule has 0 fully saturated rings. The number of nitrogens with zero attached hydrogens (tertiary/aromatic N) is 4. The fourth-order valence-corrected chi connectivity index (χ4v) is 2.80. The van der Waals surface area contributed by atoms with Gasteiger partial charge in [0.1, 0.15) is 4.60 Å². The van der Waals surface area contributed by atoms with E-state index < -0.39 is 0 Å². The van der Waals surface area contributed by atoms with E-state index in [0.717, 1.165) is 26.9 Å². The van der Waals surface area contributed by atoms with E-state index in [1.807, 2.05) is 65.3 Å². The highest BCUT2D eigenvalue weighted by molar-refractivity contribution is 9.10. The van der Waals surface area contributed by atoms with Crippen LogP contribution in [-0.4, -0.2) is 19.7 Å². The maximum Gasteiger partial charge on any atom is 0.168 e. The van der Waals surface area contributed by atoms with Gasteiger partial charge in [-0.05, 0) is 28.1 Å². The Hall–Kier alpha value is -2.53. The smallest absolute Gasteiger partial charge is 0.168 e. The molecule has 0 aliphatic carbocycles. The lowest BCUT2D eigenvalue weighted by Crippen LogP contribution is -1.99. The second-order valence-electron chi connectivity index (χ2n) is 4.83. The van der Waals surface area contributed by atoms with Crippen LogP contribution in [0.25, 0.3) is 28.1 Å². The van der Waals surface area contributed by atoms with Gasteiger partial charge in [0, 0.05) is 5.56 Å². The Morgan fingerprint density at radius 2 is 1.50 bits per heavy atom. The highest BCUT2D eigenvalue weighted by atomic mass is 79.9. The number of hydrogen-bond acceptors (Lipinski definition) is 3. The average molecular weight is 351 g/mol. The van der Waals surface area contributed by atoms with Crippen LogP contribution in [-0.2, 0) is 0 Å². The van der Waals surface area contributed by atoms with E-state index >= 15 is 0 Å². The molecule has 106 valence electrons. The second kappa shape index (κ2) is 5.35. The van der Waals surface area contributed by atoms with Crippen molar-refractivity contribution in [2.45, 2.75) is 0 Å². The maximum absolute atomic E-state index is 4.70. The molecule has 0 aliphatic rings. The van der Waals surface area contributed by atoms with Crippen LogP contribution >= 0.6 is 15.9 Å². The molecule has 4 rings (SSSR count). The van der Waals surface area contributed by atoms with Gasteiger partial charge in [0.05, 0.1) is 17.3 Å². The number of para-hydroxylation sites is 1. The summed E-state index contributed by atoms with van der Waals surface area (Å²) in [5.74, 6) is 0.678. The van der Waals surface area contributed by atoms with Crippen molar-refractivity contribution in [3.8, 4) is 17.1 Å². The lowest BCUT2D eigenvalue weighted by Gasteiger charge is -2.05. The first-order valence-corrected chi connectivity index (χ1v) is 7.64. The summed E-state index contributed by atoms with van der Waals surface area (Å²) in [6, 6.07) is 19.9. The zero-order valence-electron chi connectivity index (χ0n) is 11.5. The van der Waals surface area contributed by atoms with Crippen molar-refractivity contribution in [2.24, 2.45) is 0 Å². The molecule has 0 amide bonds. The van der Waals surface area contributed by atoms with E-state index in [-0.39, 0.29) is 0 Å². The Bertz CT molecular complexity index is 933. The third-order valence-corrected chi connectivity index (χ3v) is 4.02. The fourth-order valence-electron chi connectivity index (χ4n) is 2.35. The van der Waals surface area contributed by atoms with Crippen LogP contribution in [0.2, 0.25) is 0 Å². The van der Waals surface area contributed by atoms with Crippen LogP contribution in [0.5, 0.6) is 0 Å². The third-order valence-electron chi connectivity index (χ3n) is 3.41. The fraction of sp³-hybridized carbons (Fsp3) is 0. The van der Waals surface area contributed by atoms with Gasteiger partial charge in [0.15, 0.2) is 11.5 Å². The van der Waals surface area contributed by atoms with Crippen molar-refractivity contribution in [1.29, 1.82) is 0 Å². The standard InChI is InChI=1S/C17H11BrN4/c18-15-14-11-19-22(13-9-5-2-6-10-13)17(14)21-16(20-15)12-7-3-1-4-8-12/h1-11H. The molecule has 22 heavy (non-hydrogen) atoms. The minimum Gasteiger partial charge on any atom is -0.220 e. The predicted octanol–water partition coefficient (Wildman–Crippen LogP) is 4.25. The molecular formula is C17H11BrN4. The Morgan fingerprint density at radius 1 is 0.818 bits per heavy atom. The Balaban J connectivity index is 1.97. The van der Waals surface area contributed by atoms with Crippen LogP contribution in [0, 0.1) is 0 Å². The number of aromatic nitrogens is 4. The second-order valence-corrected chi connectivity index (χ2v) is 5.58. The quantitative estimate of drug-likeness (QED) is 0.507. The number of rotatable bonds is 2. The van der Waals surface area contributed by atoms with Crippen molar-refractivity contribution >= 4 is 27.0 Å². The van der Waals surface area contributed by atoms with Crippen LogP contribution in [0.15, 0.2) is 71.5 Å². The first-order chi connectivity index (χ1) is 10.8. The Kier molecular flexibility index (Phi) is 3.20. The largest absolute Gasteiger partial charge is 0.220 e. The van der Waals surface area contributed by atoms with Gasteiger partial charge in [0.25, 0.3) is 0 Å². The van der Waals surface area contributed by atoms with Gasteiger partial charge in [0.2, 0.25) is 0 Å². The molecular weight excluding hydrogens is 340 g/mol. The molecule has 0 radical (unpaired) electrons. The summed E-state index contributed by atoms with van der Waals surface area (Å²) < 4.78 is 2.58. The monoisotopic (exact) mass is 350 g/mol. The molecule has 0 spiro atoms. The lowest BCUT2D eigenvalue weighted by atomic mass is 10.2.